The van der Waals surface area contributed by atoms with Gasteiger partial charge in [0.15, 0.2) is 0 Å². The Morgan fingerprint density at radius 1 is 1.00 bits per heavy atom. The summed E-state index contributed by atoms with van der Waals surface area (Å²) in [6.07, 6.45) is 0. The standard InChI is InChI=1S/C25H23FN2O4/c1-15-4-9-22-21(10-15)24(16-5-7-18(26)8-6-16)28(14-23(29)27-22)25(30)17-11-19(31-2)13-20(12-17)32-3/h4-13,24H,14H2,1-3H3,(H,27,29). The molecular weight excluding hydrogens is 411 g/mol. The molecule has 0 aromatic heterocycles. The van der Waals surface area contributed by atoms with Gasteiger partial charge < -0.3 is 19.7 Å². The lowest BCUT2D eigenvalue weighted by Crippen LogP contribution is -2.39. The first kappa shape index (κ1) is 21.4. The molecule has 1 aliphatic heterocycles. The molecule has 1 aliphatic rings. The lowest BCUT2D eigenvalue weighted by Gasteiger charge is -2.31. The van der Waals surface area contributed by atoms with Gasteiger partial charge in [0.2, 0.25) is 5.91 Å². The Kier molecular flexibility index (Phi) is 5.81. The Hall–Kier alpha value is -3.87. The molecule has 4 rings (SSSR count). The molecule has 164 valence electrons. The first-order valence-electron chi connectivity index (χ1n) is 10.1. The van der Waals surface area contributed by atoms with Crippen molar-refractivity contribution < 1.29 is 23.5 Å². The zero-order valence-electron chi connectivity index (χ0n) is 18.0. The lowest BCUT2D eigenvalue weighted by atomic mass is 9.94. The lowest BCUT2D eigenvalue weighted by molar-refractivity contribution is -0.117. The molecule has 32 heavy (non-hydrogen) atoms. The third kappa shape index (κ3) is 4.14. The van der Waals surface area contributed by atoms with Crippen molar-refractivity contribution in [1.82, 2.24) is 4.90 Å². The smallest absolute Gasteiger partial charge is 0.255 e. The van der Waals surface area contributed by atoms with E-state index in [0.29, 0.717) is 28.3 Å². The zero-order valence-corrected chi connectivity index (χ0v) is 18.0. The number of carbonyl (C=O) groups is 2. The van der Waals surface area contributed by atoms with E-state index in [1.807, 2.05) is 25.1 Å². The molecule has 0 spiro atoms. The molecule has 6 nitrogen and oxygen atoms in total. The van der Waals surface area contributed by atoms with Crippen LogP contribution in [0.2, 0.25) is 0 Å². The Balaban J connectivity index is 1.89. The molecule has 3 aromatic carbocycles. The Labute approximate surface area is 185 Å². The van der Waals surface area contributed by atoms with Gasteiger partial charge in [-0.2, -0.15) is 0 Å². The van der Waals surface area contributed by atoms with Crippen molar-refractivity contribution in [2.45, 2.75) is 13.0 Å². The minimum absolute atomic E-state index is 0.172. The van der Waals surface area contributed by atoms with Crippen molar-refractivity contribution in [1.29, 1.82) is 0 Å². The predicted molar refractivity (Wildman–Crippen MR) is 119 cm³/mol. The van der Waals surface area contributed by atoms with Gasteiger partial charge in [-0.05, 0) is 42.8 Å². The van der Waals surface area contributed by atoms with Crippen molar-refractivity contribution in [3.8, 4) is 11.5 Å². The first-order valence-corrected chi connectivity index (χ1v) is 10.1. The van der Waals surface area contributed by atoms with Gasteiger partial charge in [0.05, 0.1) is 20.3 Å². The average Bonchev–Trinajstić information content (AvgIpc) is 2.94. The third-order valence-electron chi connectivity index (χ3n) is 5.45. The number of amides is 2. The quantitative estimate of drug-likeness (QED) is 0.664. The number of fused-ring (bicyclic) bond motifs is 1. The third-order valence-corrected chi connectivity index (χ3v) is 5.45. The van der Waals surface area contributed by atoms with Gasteiger partial charge in [-0.3, -0.25) is 9.59 Å². The highest BCUT2D eigenvalue weighted by molar-refractivity contribution is 6.02. The van der Waals surface area contributed by atoms with Gasteiger partial charge in [-0.25, -0.2) is 4.39 Å². The largest absolute Gasteiger partial charge is 0.497 e. The number of carbonyl (C=O) groups excluding carboxylic acids is 2. The molecule has 1 heterocycles. The van der Waals surface area contributed by atoms with Gasteiger partial charge >= 0.3 is 0 Å². The van der Waals surface area contributed by atoms with Crippen LogP contribution in [0.1, 0.15) is 33.1 Å². The van der Waals surface area contributed by atoms with Crippen LogP contribution in [-0.4, -0.2) is 37.5 Å². The Bertz CT molecular complexity index is 1150. The van der Waals surface area contributed by atoms with E-state index in [4.69, 9.17) is 9.47 Å². The molecule has 1 N–H and O–H groups in total. The summed E-state index contributed by atoms with van der Waals surface area (Å²) in [5.41, 5.74) is 3.36. The van der Waals surface area contributed by atoms with Crippen molar-refractivity contribution in [2.24, 2.45) is 0 Å². The summed E-state index contributed by atoms with van der Waals surface area (Å²) in [4.78, 5) is 28.0. The molecule has 7 heteroatoms. The average molecular weight is 434 g/mol. The number of halogens is 1. The van der Waals surface area contributed by atoms with Gasteiger partial charge in [-0.1, -0.05) is 29.8 Å². The number of methoxy groups -OCH3 is 2. The van der Waals surface area contributed by atoms with Gasteiger partial charge in [0, 0.05) is 22.9 Å². The number of rotatable bonds is 4. The second kappa shape index (κ2) is 8.70. The molecule has 0 saturated carbocycles. The number of anilines is 1. The van der Waals surface area contributed by atoms with E-state index in [1.165, 1.54) is 31.3 Å². The van der Waals surface area contributed by atoms with Crippen LogP contribution in [0.3, 0.4) is 0 Å². The maximum absolute atomic E-state index is 13.7. The van der Waals surface area contributed by atoms with Crippen LogP contribution in [0.5, 0.6) is 11.5 Å². The van der Waals surface area contributed by atoms with Crippen LogP contribution in [0, 0.1) is 12.7 Å². The fourth-order valence-electron chi connectivity index (χ4n) is 3.92. The number of benzene rings is 3. The van der Waals surface area contributed by atoms with Crippen LogP contribution in [0.25, 0.3) is 0 Å². The van der Waals surface area contributed by atoms with Crippen LogP contribution >= 0.6 is 0 Å². The highest BCUT2D eigenvalue weighted by Crippen LogP contribution is 2.37. The van der Waals surface area contributed by atoms with Crippen molar-refractivity contribution in [3.63, 3.8) is 0 Å². The highest BCUT2D eigenvalue weighted by atomic mass is 19.1. The van der Waals surface area contributed by atoms with Gasteiger partial charge in [0.1, 0.15) is 23.9 Å². The summed E-state index contributed by atoms with van der Waals surface area (Å²) in [5, 5.41) is 2.89. The number of nitrogens with zero attached hydrogens (tertiary/aromatic N) is 1. The minimum atomic E-state index is -0.603. The summed E-state index contributed by atoms with van der Waals surface area (Å²) >= 11 is 0. The fraction of sp³-hybridized carbons (Fsp3) is 0.200. The minimum Gasteiger partial charge on any atom is -0.497 e. The molecule has 3 aromatic rings. The van der Waals surface area contributed by atoms with Crippen molar-refractivity contribution >= 4 is 17.5 Å². The Morgan fingerprint density at radius 2 is 1.66 bits per heavy atom. The summed E-state index contributed by atoms with van der Waals surface area (Å²) in [7, 11) is 3.01. The van der Waals surface area contributed by atoms with Gasteiger partial charge in [0.25, 0.3) is 5.91 Å². The summed E-state index contributed by atoms with van der Waals surface area (Å²) in [6.45, 7) is 1.77. The number of hydrogen-bond donors (Lipinski definition) is 1. The van der Waals surface area contributed by atoms with E-state index in [-0.39, 0.29) is 24.2 Å². The SMILES string of the molecule is COc1cc(OC)cc(C(=O)N2CC(=O)Nc3ccc(C)cc3C2c2ccc(F)cc2)c1. The van der Waals surface area contributed by atoms with Crippen molar-refractivity contribution in [3.05, 3.63) is 88.7 Å². The molecule has 0 bridgehead atoms. The molecule has 1 unspecified atom stereocenters. The first-order chi connectivity index (χ1) is 15.4. The maximum atomic E-state index is 13.7. The van der Waals surface area contributed by atoms with E-state index in [0.717, 1.165) is 11.1 Å². The second-order valence-electron chi connectivity index (χ2n) is 7.63. The van der Waals surface area contributed by atoms with E-state index in [2.05, 4.69) is 5.32 Å². The highest BCUT2D eigenvalue weighted by Gasteiger charge is 2.34. The molecule has 1 atom stereocenters. The van der Waals surface area contributed by atoms with E-state index in [1.54, 1.807) is 30.3 Å². The molecule has 2 amide bonds. The van der Waals surface area contributed by atoms with E-state index >= 15 is 0 Å². The van der Waals surface area contributed by atoms with E-state index < -0.39 is 6.04 Å². The molecule has 0 radical (unpaired) electrons. The topological polar surface area (TPSA) is 67.9 Å². The van der Waals surface area contributed by atoms with Crippen LogP contribution < -0.4 is 14.8 Å². The Morgan fingerprint density at radius 3 is 2.28 bits per heavy atom. The summed E-state index contributed by atoms with van der Waals surface area (Å²) < 4.78 is 24.3. The maximum Gasteiger partial charge on any atom is 0.255 e. The second-order valence-corrected chi connectivity index (χ2v) is 7.63. The normalized spacial score (nSPS) is 15.4. The number of hydrogen-bond acceptors (Lipinski definition) is 4. The van der Waals surface area contributed by atoms with Crippen molar-refractivity contribution in [2.75, 3.05) is 26.1 Å². The molecular formula is C25H23FN2O4. The van der Waals surface area contributed by atoms with E-state index in [9.17, 15) is 14.0 Å². The summed E-state index contributed by atoms with van der Waals surface area (Å²) in [6, 6.07) is 15.9. The van der Waals surface area contributed by atoms with Gasteiger partial charge in [-0.15, -0.1) is 0 Å². The predicted octanol–water partition coefficient (Wildman–Crippen LogP) is 4.34. The molecule has 0 fully saturated rings. The summed E-state index contributed by atoms with van der Waals surface area (Å²) in [5.74, 6) is -0.150. The fourth-order valence-corrected chi connectivity index (χ4v) is 3.92. The number of nitrogens with one attached hydrogen (secondary N) is 1. The monoisotopic (exact) mass is 434 g/mol. The molecule has 0 saturated heterocycles. The van der Waals surface area contributed by atoms with Crippen LogP contribution in [0.15, 0.2) is 60.7 Å². The molecule has 0 aliphatic carbocycles. The zero-order chi connectivity index (χ0) is 22.8. The number of ether oxygens (including phenoxy) is 2. The van der Waals surface area contributed by atoms with Crippen LogP contribution in [-0.2, 0) is 4.79 Å². The van der Waals surface area contributed by atoms with Crippen LogP contribution in [0.4, 0.5) is 10.1 Å². The number of aryl methyl sites for hydroxylation is 1.